The number of nitrogens with zero attached hydrogens (tertiary/aromatic N) is 1. The second kappa shape index (κ2) is 6.37. The summed E-state index contributed by atoms with van der Waals surface area (Å²) < 4.78 is 0. The molecule has 0 radical (unpaired) electrons. The molecule has 1 aliphatic rings. The van der Waals surface area contributed by atoms with Crippen LogP contribution >= 0.6 is 11.3 Å². The van der Waals surface area contributed by atoms with Crippen molar-refractivity contribution >= 4 is 17.2 Å². The summed E-state index contributed by atoms with van der Waals surface area (Å²) >= 11 is 1.59. The first kappa shape index (κ1) is 14.2. The van der Waals surface area contributed by atoms with Crippen molar-refractivity contribution in [1.29, 1.82) is 0 Å². The summed E-state index contributed by atoms with van der Waals surface area (Å²) in [5, 5.41) is 9.35. The van der Waals surface area contributed by atoms with E-state index in [9.17, 15) is 4.79 Å². The average Bonchev–Trinajstić information content (AvgIpc) is 3.06. The number of benzene rings is 1. The lowest BCUT2D eigenvalue weighted by Gasteiger charge is -2.26. The third kappa shape index (κ3) is 3.14. The minimum absolute atomic E-state index is 0.0106. The van der Waals surface area contributed by atoms with Crippen molar-refractivity contribution in [3.05, 3.63) is 52.0 Å². The lowest BCUT2D eigenvalue weighted by molar-refractivity contribution is -0.124. The molecule has 0 aliphatic carbocycles. The van der Waals surface area contributed by atoms with Gasteiger partial charge >= 0.3 is 0 Å². The molecular formula is C16H19N3OS. The van der Waals surface area contributed by atoms with Gasteiger partial charge in [-0.05, 0) is 24.0 Å². The summed E-state index contributed by atoms with van der Waals surface area (Å²) in [6, 6.07) is 8.14. The standard InChI is InChI=1S/C16H19N3OS/c1-2-13(16-17-7-8-21-16)19-15(20)14-9-11-5-3-4-6-12(11)10-18-14/h3-8,13-14,18H,2,9-10H2,1H3,(H,19,20)/t13?,14-/m0/s1. The molecule has 1 aliphatic heterocycles. The van der Waals surface area contributed by atoms with Crippen molar-refractivity contribution in [2.24, 2.45) is 0 Å². The fourth-order valence-electron chi connectivity index (χ4n) is 2.66. The number of aromatic nitrogens is 1. The normalized spacial score (nSPS) is 18.8. The van der Waals surface area contributed by atoms with Gasteiger partial charge in [0.15, 0.2) is 0 Å². The first-order chi connectivity index (χ1) is 10.3. The summed E-state index contributed by atoms with van der Waals surface area (Å²) in [5.41, 5.74) is 2.55. The molecule has 3 rings (SSSR count). The van der Waals surface area contributed by atoms with Gasteiger partial charge in [0.1, 0.15) is 5.01 Å². The number of carbonyl (C=O) groups excluding carboxylic acids is 1. The van der Waals surface area contributed by atoms with E-state index in [4.69, 9.17) is 0 Å². The first-order valence-electron chi connectivity index (χ1n) is 7.28. The lowest BCUT2D eigenvalue weighted by Crippen LogP contribution is -2.48. The number of hydrogen-bond acceptors (Lipinski definition) is 4. The van der Waals surface area contributed by atoms with Crippen molar-refractivity contribution in [1.82, 2.24) is 15.6 Å². The van der Waals surface area contributed by atoms with Crippen LogP contribution in [0.2, 0.25) is 0 Å². The molecule has 0 saturated heterocycles. The van der Waals surface area contributed by atoms with Crippen LogP contribution in [0.15, 0.2) is 35.8 Å². The highest BCUT2D eigenvalue weighted by Crippen LogP contribution is 2.20. The summed E-state index contributed by atoms with van der Waals surface area (Å²) in [5.74, 6) is 0.0616. The zero-order valence-corrected chi connectivity index (χ0v) is 12.8. The topological polar surface area (TPSA) is 54.0 Å². The van der Waals surface area contributed by atoms with E-state index in [1.165, 1.54) is 11.1 Å². The SMILES string of the molecule is CCC(NC(=O)[C@@H]1Cc2ccccc2CN1)c1nccs1. The summed E-state index contributed by atoms with van der Waals surface area (Å²) in [4.78, 5) is 16.8. The largest absolute Gasteiger partial charge is 0.346 e. The Kier molecular flexibility index (Phi) is 4.31. The van der Waals surface area contributed by atoms with Crippen LogP contribution in [0.4, 0.5) is 0 Å². The van der Waals surface area contributed by atoms with Crippen LogP contribution in [0.25, 0.3) is 0 Å². The number of hydrogen-bond donors (Lipinski definition) is 2. The summed E-state index contributed by atoms with van der Waals surface area (Å²) in [6.45, 7) is 2.82. The quantitative estimate of drug-likeness (QED) is 0.912. The van der Waals surface area contributed by atoms with Gasteiger partial charge in [-0.15, -0.1) is 11.3 Å². The third-order valence-corrected chi connectivity index (χ3v) is 4.76. The van der Waals surface area contributed by atoms with Gasteiger partial charge in [-0.2, -0.15) is 0 Å². The Balaban J connectivity index is 1.66. The van der Waals surface area contributed by atoms with Gasteiger partial charge in [0.25, 0.3) is 0 Å². The predicted octanol–water partition coefficient (Wildman–Crippen LogP) is 2.42. The molecule has 2 aromatic rings. The molecule has 110 valence electrons. The van der Waals surface area contributed by atoms with Gasteiger partial charge in [-0.1, -0.05) is 31.2 Å². The van der Waals surface area contributed by atoms with Gasteiger partial charge in [-0.25, -0.2) is 4.98 Å². The monoisotopic (exact) mass is 301 g/mol. The van der Waals surface area contributed by atoms with Gasteiger partial charge < -0.3 is 10.6 Å². The van der Waals surface area contributed by atoms with E-state index in [0.717, 1.165) is 24.4 Å². The maximum absolute atomic E-state index is 12.5. The smallest absolute Gasteiger partial charge is 0.238 e. The molecule has 4 nitrogen and oxygen atoms in total. The Hall–Kier alpha value is -1.72. The second-order valence-electron chi connectivity index (χ2n) is 5.25. The molecule has 1 unspecified atom stereocenters. The Morgan fingerprint density at radius 3 is 3.00 bits per heavy atom. The van der Waals surface area contributed by atoms with Gasteiger partial charge in [0.05, 0.1) is 12.1 Å². The molecule has 0 saturated carbocycles. The molecule has 0 spiro atoms. The zero-order chi connectivity index (χ0) is 14.7. The number of fused-ring (bicyclic) bond motifs is 1. The van der Waals surface area contributed by atoms with Crippen molar-refractivity contribution in [2.45, 2.75) is 38.4 Å². The minimum atomic E-state index is -0.158. The van der Waals surface area contributed by atoms with E-state index in [1.807, 2.05) is 17.5 Å². The average molecular weight is 301 g/mol. The number of carbonyl (C=O) groups is 1. The molecule has 2 atom stereocenters. The number of nitrogens with one attached hydrogen (secondary N) is 2. The molecular weight excluding hydrogens is 282 g/mol. The van der Waals surface area contributed by atoms with Crippen LogP contribution in [0.3, 0.4) is 0 Å². The molecule has 1 aromatic carbocycles. The first-order valence-corrected chi connectivity index (χ1v) is 8.16. The van der Waals surface area contributed by atoms with Crippen LogP contribution in [0, 0.1) is 0 Å². The van der Waals surface area contributed by atoms with E-state index in [0.29, 0.717) is 0 Å². The maximum atomic E-state index is 12.5. The Labute approximate surface area is 128 Å². The highest BCUT2D eigenvalue weighted by Gasteiger charge is 2.26. The van der Waals surface area contributed by atoms with Gasteiger partial charge in [0.2, 0.25) is 5.91 Å². The molecule has 2 N–H and O–H groups in total. The molecule has 2 heterocycles. The number of amides is 1. The molecule has 21 heavy (non-hydrogen) atoms. The molecule has 1 amide bonds. The van der Waals surface area contributed by atoms with Crippen molar-refractivity contribution in [2.75, 3.05) is 0 Å². The highest BCUT2D eigenvalue weighted by atomic mass is 32.1. The maximum Gasteiger partial charge on any atom is 0.238 e. The highest BCUT2D eigenvalue weighted by molar-refractivity contribution is 7.09. The van der Waals surface area contributed by atoms with Crippen LogP contribution < -0.4 is 10.6 Å². The van der Waals surface area contributed by atoms with Crippen LogP contribution in [-0.4, -0.2) is 16.9 Å². The van der Waals surface area contributed by atoms with E-state index in [-0.39, 0.29) is 18.0 Å². The number of rotatable bonds is 4. The fourth-order valence-corrected chi connectivity index (χ4v) is 3.43. The number of thiazole rings is 1. The fraction of sp³-hybridized carbons (Fsp3) is 0.375. The Morgan fingerprint density at radius 1 is 1.48 bits per heavy atom. The second-order valence-corrected chi connectivity index (χ2v) is 6.17. The van der Waals surface area contributed by atoms with Gasteiger partial charge in [-0.3, -0.25) is 4.79 Å². The van der Waals surface area contributed by atoms with E-state index in [2.05, 4.69) is 34.7 Å². The summed E-state index contributed by atoms with van der Waals surface area (Å²) in [6.07, 6.45) is 3.38. The molecule has 1 aromatic heterocycles. The Bertz CT molecular complexity index is 612. The minimum Gasteiger partial charge on any atom is -0.346 e. The predicted molar refractivity (Wildman–Crippen MR) is 84.1 cm³/mol. The third-order valence-electron chi connectivity index (χ3n) is 3.87. The Morgan fingerprint density at radius 2 is 2.29 bits per heavy atom. The van der Waals surface area contributed by atoms with Crippen molar-refractivity contribution < 1.29 is 4.79 Å². The van der Waals surface area contributed by atoms with Crippen LogP contribution in [0.5, 0.6) is 0 Å². The lowest BCUT2D eigenvalue weighted by atomic mass is 9.95. The zero-order valence-electron chi connectivity index (χ0n) is 12.0. The van der Waals surface area contributed by atoms with E-state index in [1.54, 1.807) is 17.5 Å². The van der Waals surface area contributed by atoms with Crippen LogP contribution in [0.1, 0.15) is 35.5 Å². The van der Waals surface area contributed by atoms with E-state index < -0.39 is 0 Å². The van der Waals surface area contributed by atoms with E-state index >= 15 is 0 Å². The van der Waals surface area contributed by atoms with Crippen LogP contribution in [-0.2, 0) is 17.8 Å². The molecule has 0 bridgehead atoms. The van der Waals surface area contributed by atoms with Crippen molar-refractivity contribution in [3.8, 4) is 0 Å². The molecule has 0 fully saturated rings. The summed E-state index contributed by atoms with van der Waals surface area (Å²) in [7, 11) is 0. The van der Waals surface area contributed by atoms with Gasteiger partial charge in [0, 0.05) is 18.1 Å². The molecule has 5 heteroatoms. The van der Waals surface area contributed by atoms with Crippen molar-refractivity contribution in [3.63, 3.8) is 0 Å².